The van der Waals surface area contributed by atoms with Crippen molar-refractivity contribution in [3.8, 4) is 17.0 Å². The summed E-state index contributed by atoms with van der Waals surface area (Å²) in [7, 11) is -2.09. The van der Waals surface area contributed by atoms with Crippen LogP contribution in [0.4, 0.5) is 11.5 Å². The summed E-state index contributed by atoms with van der Waals surface area (Å²) >= 11 is 0. The molecule has 0 saturated carbocycles. The highest BCUT2D eigenvalue weighted by Gasteiger charge is 2.23. The van der Waals surface area contributed by atoms with Crippen molar-refractivity contribution in [3.05, 3.63) is 60.7 Å². The summed E-state index contributed by atoms with van der Waals surface area (Å²) < 4.78 is 31.8. The molecule has 1 aromatic heterocycles. The molecule has 1 aliphatic rings. The van der Waals surface area contributed by atoms with Gasteiger partial charge in [-0.2, -0.15) is 0 Å². The topological polar surface area (TPSA) is 85.5 Å². The van der Waals surface area contributed by atoms with Crippen molar-refractivity contribution in [1.82, 2.24) is 4.98 Å². The van der Waals surface area contributed by atoms with E-state index in [4.69, 9.17) is 15.5 Å². The van der Waals surface area contributed by atoms with E-state index >= 15 is 0 Å². The molecule has 2 N–H and O–H groups in total. The fourth-order valence-corrected chi connectivity index (χ4v) is 4.74. The number of nitrogen functional groups attached to an aromatic ring is 1. The van der Waals surface area contributed by atoms with Crippen LogP contribution in [-0.2, 0) is 9.84 Å². The van der Waals surface area contributed by atoms with E-state index in [9.17, 15) is 8.42 Å². The Morgan fingerprint density at radius 3 is 2.21 bits per heavy atom. The van der Waals surface area contributed by atoms with Crippen LogP contribution in [0.1, 0.15) is 12.8 Å². The van der Waals surface area contributed by atoms with Crippen molar-refractivity contribution < 1.29 is 13.2 Å². The zero-order chi connectivity index (χ0) is 20.4. The molecule has 3 aromatic rings. The second kappa shape index (κ2) is 7.75. The van der Waals surface area contributed by atoms with Crippen molar-refractivity contribution in [2.75, 3.05) is 30.8 Å². The fourth-order valence-electron chi connectivity index (χ4n) is 3.45. The zero-order valence-electron chi connectivity index (χ0n) is 16.2. The first kappa shape index (κ1) is 19.3. The lowest BCUT2D eigenvalue weighted by Crippen LogP contribution is -2.19. The van der Waals surface area contributed by atoms with Crippen molar-refractivity contribution in [2.24, 2.45) is 0 Å². The van der Waals surface area contributed by atoms with Crippen LogP contribution in [0.3, 0.4) is 0 Å². The lowest BCUT2D eigenvalue weighted by molar-refractivity contribution is 0.415. The lowest BCUT2D eigenvalue weighted by Gasteiger charge is -2.19. The van der Waals surface area contributed by atoms with E-state index in [-0.39, 0.29) is 9.79 Å². The van der Waals surface area contributed by atoms with Crippen LogP contribution in [0.5, 0.6) is 5.75 Å². The minimum absolute atomic E-state index is 0.214. The van der Waals surface area contributed by atoms with Gasteiger partial charge in [0, 0.05) is 24.3 Å². The number of methoxy groups -OCH3 is 1. The second-order valence-electron chi connectivity index (χ2n) is 7.04. The van der Waals surface area contributed by atoms with Crippen molar-refractivity contribution in [1.29, 1.82) is 0 Å². The number of aromatic nitrogens is 1. The summed E-state index contributed by atoms with van der Waals surface area (Å²) in [4.78, 5) is 7.34. The smallest absolute Gasteiger partial charge is 0.206 e. The van der Waals surface area contributed by atoms with E-state index in [1.165, 1.54) is 12.1 Å². The van der Waals surface area contributed by atoms with Gasteiger partial charge < -0.3 is 15.4 Å². The van der Waals surface area contributed by atoms with Gasteiger partial charge in [-0.1, -0.05) is 0 Å². The molecule has 7 heteroatoms. The Morgan fingerprint density at radius 2 is 1.59 bits per heavy atom. The molecular weight excluding hydrogens is 386 g/mol. The number of hydrogen-bond acceptors (Lipinski definition) is 6. The maximum absolute atomic E-state index is 13.3. The molecule has 4 rings (SSSR count). The summed E-state index contributed by atoms with van der Waals surface area (Å²) in [5.74, 6) is 1.42. The predicted molar refractivity (Wildman–Crippen MR) is 114 cm³/mol. The predicted octanol–water partition coefficient (Wildman–Crippen LogP) is 3.77. The largest absolute Gasteiger partial charge is 0.497 e. The molecule has 1 saturated heterocycles. The molecule has 0 amide bonds. The Balaban J connectivity index is 1.83. The average Bonchev–Trinajstić information content (AvgIpc) is 3.29. The molecular formula is C22H23N3O3S. The Labute approximate surface area is 170 Å². The summed E-state index contributed by atoms with van der Waals surface area (Å²) in [6, 6.07) is 17.0. The van der Waals surface area contributed by atoms with E-state index in [1.54, 1.807) is 31.4 Å². The number of nitrogens with zero attached hydrogens (tertiary/aromatic N) is 2. The maximum atomic E-state index is 13.3. The number of sulfone groups is 1. The number of hydrogen-bond donors (Lipinski definition) is 1. The van der Waals surface area contributed by atoms with Gasteiger partial charge in [0.05, 0.1) is 22.6 Å². The molecule has 0 spiro atoms. The first-order valence-corrected chi connectivity index (χ1v) is 11.0. The highest BCUT2D eigenvalue weighted by molar-refractivity contribution is 7.91. The molecule has 0 aliphatic carbocycles. The van der Waals surface area contributed by atoms with Crippen LogP contribution in [0.25, 0.3) is 11.3 Å². The van der Waals surface area contributed by atoms with Gasteiger partial charge in [0.15, 0.2) is 0 Å². The highest BCUT2D eigenvalue weighted by Crippen LogP contribution is 2.31. The molecule has 1 aliphatic heterocycles. The molecule has 0 bridgehead atoms. The monoisotopic (exact) mass is 409 g/mol. The van der Waals surface area contributed by atoms with E-state index in [0.717, 1.165) is 37.2 Å². The van der Waals surface area contributed by atoms with E-state index in [1.807, 2.05) is 24.3 Å². The van der Waals surface area contributed by atoms with Gasteiger partial charge in [-0.3, -0.25) is 0 Å². The van der Waals surface area contributed by atoms with E-state index in [2.05, 4.69) is 4.90 Å². The lowest BCUT2D eigenvalue weighted by atomic mass is 10.1. The SMILES string of the molecule is COc1ccc(-c2cc(S(=O)(=O)c3ccc(N)cc3)cc(N3CCCC3)n2)cc1. The zero-order valence-corrected chi connectivity index (χ0v) is 17.0. The van der Waals surface area contributed by atoms with Crippen LogP contribution >= 0.6 is 0 Å². The summed E-state index contributed by atoms with van der Waals surface area (Å²) in [6.45, 7) is 1.75. The Hall–Kier alpha value is -3.06. The van der Waals surface area contributed by atoms with E-state index < -0.39 is 9.84 Å². The second-order valence-corrected chi connectivity index (χ2v) is 8.99. The van der Waals surface area contributed by atoms with Crippen LogP contribution in [0.15, 0.2) is 70.5 Å². The van der Waals surface area contributed by atoms with Gasteiger partial charge in [0.2, 0.25) is 9.84 Å². The van der Waals surface area contributed by atoms with Crippen LogP contribution in [0.2, 0.25) is 0 Å². The molecule has 29 heavy (non-hydrogen) atoms. The average molecular weight is 410 g/mol. The minimum atomic E-state index is -3.70. The molecule has 0 unspecified atom stereocenters. The quantitative estimate of drug-likeness (QED) is 0.646. The molecule has 150 valence electrons. The summed E-state index contributed by atoms with van der Waals surface area (Å²) in [6.07, 6.45) is 2.16. The standard InChI is InChI=1S/C22H23N3O3S/c1-28-18-8-4-16(5-9-18)21-14-20(15-22(24-21)25-12-2-3-13-25)29(26,27)19-10-6-17(23)7-11-19/h4-11,14-15H,2-3,12-13,23H2,1H3. The number of pyridine rings is 1. The van der Waals surface area contributed by atoms with Gasteiger partial charge >= 0.3 is 0 Å². The first-order chi connectivity index (χ1) is 14.0. The van der Waals surface area contributed by atoms with Gasteiger partial charge in [-0.05, 0) is 73.5 Å². The van der Waals surface area contributed by atoms with Crippen LogP contribution < -0.4 is 15.4 Å². The number of rotatable bonds is 5. The third kappa shape index (κ3) is 3.91. The Kier molecular flexibility index (Phi) is 5.15. The van der Waals surface area contributed by atoms with Crippen molar-refractivity contribution >= 4 is 21.3 Å². The van der Waals surface area contributed by atoms with Gasteiger partial charge in [-0.25, -0.2) is 13.4 Å². The molecule has 1 fully saturated rings. The molecule has 2 heterocycles. The third-order valence-electron chi connectivity index (χ3n) is 5.10. The third-order valence-corrected chi connectivity index (χ3v) is 6.85. The minimum Gasteiger partial charge on any atom is -0.497 e. The normalized spacial score (nSPS) is 14.2. The Morgan fingerprint density at radius 1 is 0.931 bits per heavy atom. The van der Waals surface area contributed by atoms with Gasteiger partial charge in [0.1, 0.15) is 11.6 Å². The maximum Gasteiger partial charge on any atom is 0.206 e. The summed E-state index contributed by atoms with van der Waals surface area (Å²) in [5, 5.41) is 0. The molecule has 6 nitrogen and oxygen atoms in total. The molecule has 2 aromatic carbocycles. The number of nitrogens with two attached hydrogens (primary N) is 1. The summed E-state index contributed by atoms with van der Waals surface area (Å²) in [5.41, 5.74) is 7.69. The van der Waals surface area contributed by atoms with Crippen molar-refractivity contribution in [3.63, 3.8) is 0 Å². The van der Waals surface area contributed by atoms with Gasteiger partial charge in [0.25, 0.3) is 0 Å². The number of anilines is 2. The number of benzene rings is 2. The Bertz CT molecular complexity index is 1110. The number of ether oxygens (including phenoxy) is 1. The van der Waals surface area contributed by atoms with Crippen LogP contribution in [-0.4, -0.2) is 33.6 Å². The van der Waals surface area contributed by atoms with E-state index in [0.29, 0.717) is 17.2 Å². The van der Waals surface area contributed by atoms with Crippen LogP contribution in [0, 0.1) is 0 Å². The van der Waals surface area contributed by atoms with Gasteiger partial charge in [-0.15, -0.1) is 0 Å². The fraction of sp³-hybridized carbons (Fsp3) is 0.227. The van der Waals surface area contributed by atoms with Crippen molar-refractivity contribution in [2.45, 2.75) is 22.6 Å². The first-order valence-electron chi connectivity index (χ1n) is 9.49. The highest BCUT2D eigenvalue weighted by atomic mass is 32.2. The molecule has 0 atom stereocenters. The molecule has 0 radical (unpaired) electrons.